The summed E-state index contributed by atoms with van der Waals surface area (Å²) in [5, 5.41) is 0. The molecular weight excluding hydrogens is 157 g/mol. The molecule has 0 radical (unpaired) electrons. The van der Waals surface area contributed by atoms with Gasteiger partial charge in [-0.3, -0.25) is 4.90 Å². The van der Waals surface area contributed by atoms with E-state index in [-0.39, 0.29) is 5.92 Å². The Bertz CT molecular complexity index is 130. The summed E-state index contributed by atoms with van der Waals surface area (Å²) in [4.78, 5) is 2.13. The van der Waals surface area contributed by atoms with Crippen LogP contribution < -0.4 is 0 Å². The zero-order valence-electron chi connectivity index (χ0n) is 7.92. The number of nitrogens with zero attached hydrogens (tertiary/aromatic N) is 1. The lowest BCUT2D eigenvalue weighted by Gasteiger charge is -2.32. The lowest BCUT2D eigenvalue weighted by Crippen LogP contribution is -2.42. The van der Waals surface area contributed by atoms with Gasteiger partial charge in [-0.15, -0.1) is 0 Å². The van der Waals surface area contributed by atoms with Crippen LogP contribution in [-0.2, 0) is 4.74 Å². The van der Waals surface area contributed by atoms with Crippen molar-refractivity contribution in [3.63, 3.8) is 0 Å². The molecule has 1 aliphatic rings. The molecule has 2 unspecified atom stereocenters. The van der Waals surface area contributed by atoms with E-state index in [1.807, 2.05) is 6.92 Å². The summed E-state index contributed by atoms with van der Waals surface area (Å²) < 4.78 is 18.1. The molecule has 0 aromatic heterocycles. The van der Waals surface area contributed by atoms with Crippen LogP contribution in [0.15, 0.2) is 0 Å². The highest BCUT2D eigenvalue weighted by atomic mass is 19.1. The van der Waals surface area contributed by atoms with Gasteiger partial charge in [0.25, 0.3) is 0 Å². The smallest absolute Gasteiger partial charge is 0.115 e. The maximum absolute atomic E-state index is 13.2. The van der Waals surface area contributed by atoms with E-state index in [9.17, 15) is 4.39 Å². The Morgan fingerprint density at radius 1 is 1.58 bits per heavy atom. The molecule has 0 bridgehead atoms. The Labute approximate surface area is 73.7 Å². The fourth-order valence-electron chi connectivity index (χ4n) is 1.51. The number of rotatable bonds is 3. The number of hydrogen-bond acceptors (Lipinski definition) is 2. The molecule has 0 aliphatic carbocycles. The quantitative estimate of drug-likeness (QED) is 0.641. The van der Waals surface area contributed by atoms with Gasteiger partial charge in [0.05, 0.1) is 6.61 Å². The van der Waals surface area contributed by atoms with Crippen molar-refractivity contribution in [1.29, 1.82) is 0 Å². The van der Waals surface area contributed by atoms with Crippen LogP contribution in [0.5, 0.6) is 0 Å². The first-order chi connectivity index (χ1) is 5.74. The third-order valence-electron chi connectivity index (χ3n) is 2.56. The molecule has 3 heteroatoms. The molecule has 1 heterocycles. The first kappa shape index (κ1) is 9.93. The highest BCUT2D eigenvalue weighted by Gasteiger charge is 2.24. The van der Waals surface area contributed by atoms with Gasteiger partial charge in [0, 0.05) is 20.2 Å². The molecule has 2 nitrogen and oxygen atoms in total. The summed E-state index contributed by atoms with van der Waals surface area (Å²) in [6.45, 7) is 5.17. The molecule has 0 spiro atoms. The SMILES string of the molecule is COCCN1CCC(C)C(F)C1. The van der Waals surface area contributed by atoms with E-state index in [0.717, 1.165) is 19.5 Å². The molecule has 0 amide bonds. The zero-order valence-corrected chi connectivity index (χ0v) is 7.92. The van der Waals surface area contributed by atoms with Crippen LogP contribution in [0.25, 0.3) is 0 Å². The van der Waals surface area contributed by atoms with Crippen LogP contribution in [0.2, 0.25) is 0 Å². The van der Waals surface area contributed by atoms with Crippen LogP contribution in [0.3, 0.4) is 0 Å². The standard InChI is InChI=1S/C9H18FNO/c1-8-3-4-11(5-6-12-2)7-9(8)10/h8-9H,3-7H2,1-2H3. The van der Waals surface area contributed by atoms with Crippen LogP contribution in [0.1, 0.15) is 13.3 Å². The summed E-state index contributed by atoms with van der Waals surface area (Å²) >= 11 is 0. The molecule has 0 aromatic carbocycles. The minimum atomic E-state index is -0.643. The highest BCUT2D eigenvalue weighted by molar-refractivity contribution is 4.77. The largest absolute Gasteiger partial charge is 0.383 e. The van der Waals surface area contributed by atoms with Gasteiger partial charge in [0.1, 0.15) is 6.17 Å². The fraction of sp³-hybridized carbons (Fsp3) is 1.00. The van der Waals surface area contributed by atoms with Crippen molar-refractivity contribution in [3.05, 3.63) is 0 Å². The molecule has 1 fully saturated rings. The van der Waals surface area contributed by atoms with E-state index in [4.69, 9.17) is 4.74 Å². The second-order valence-corrected chi connectivity index (χ2v) is 3.58. The molecule has 1 aliphatic heterocycles. The van der Waals surface area contributed by atoms with E-state index < -0.39 is 6.17 Å². The van der Waals surface area contributed by atoms with Gasteiger partial charge < -0.3 is 4.74 Å². The van der Waals surface area contributed by atoms with Crippen LogP contribution in [-0.4, -0.2) is 44.4 Å². The van der Waals surface area contributed by atoms with Gasteiger partial charge in [-0.25, -0.2) is 4.39 Å². The minimum absolute atomic E-state index is 0.240. The van der Waals surface area contributed by atoms with E-state index in [2.05, 4.69) is 4.90 Å². The molecule has 72 valence electrons. The van der Waals surface area contributed by atoms with Crippen molar-refractivity contribution < 1.29 is 9.13 Å². The van der Waals surface area contributed by atoms with Gasteiger partial charge in [-0.1, -0.05) is 6.92 Å². The number of halogens is 1. The van der Waals surface area contributed by atoms with Crippen molar-refractivity contribution >= 4 is 0 Å². The average molecular weight is 175 g/mol. The van der Waals surface area contributed by atoms with E-state index in [1.165, 1.54) is 0 Å². The number of methoxy groups -OCH3 is 1. The van der Waals surface area contributed by atoms with Crippen LogP contribution in [0, 0.1) is 5.92 Å². The van der Waals surface area contributed by atoms with E-state index in [0.29, 0.717) is 13.2 Å². The predicted molar refractivity (Wildman–Crippen MR) is 47.0 cm³/mol. The Morgan fingerprint density at radius 2 is 2.33 bits per heavy atom. The topological polar surface area (TPSA) is 12.5 Å². The van der Waals surface area contributed by atoms with Crippen LogP contribution >= 0.6 is 0 Å². The molecule has 0 saturated carbocycles. The van der Waals surface area contributed by atoms with Gasteiger partial charge in [0.2, 0.25) is 0 Å². The Morgan fingerprint density at radius 3 is 2.92 bits per heavy atom. The normalized spacial score (nSPS) is 32.2. The number of piperidine rings is 1. The predicted octanol–water partition coefficient (Wildman–Crippen LogP) is 1.31. The molecule has 0 N–H and O–H groups in total. The molecule has 1 saturated heterocycles. The van der Waals surface area contributed by atoms with Crippen molar-refractivity contribution in [2.75, 3.05) is 33.4 Å². The number of alkyl halides is 1. The van der Waals surface area contributed by atoms with Crippen molar-refractivity contribution in [3.8, 4) is 0 Å². The molecule has 1 rings (SSSR count). The summed E-state index contributed by atoms with van der Waals surface area (Å²) in [5.41, 5.74) is 0. The lowest BCUT2D eigenvalue weighted by molar-refractivity contribution is 0.0699. The maximum atomic E-state index is 13.2. The molecule has 2 atom stereocenters. The number of ether oxygens (including phenoxy) is 1. The summed E-state index contributed by atoms with van der Waals surface area (Å²) in [5.74, 6) is 0.240. The number of hydrogen-bond donors (Lipinski definition) is 0. The first-order valence-electron chi connectivity index (χ1n) is 4.59. The average Bonchev–Trinajstić information content (AvgIpc) is 2.07. The van der Waals surface area contributed by atoms with E-state index in [1.54, 1.807) is 7.11 Å². The van der Waals surface area contributed by atoms with Crippen molar-refractivity contribution in [2.45, 2.75) is 19.5 Å². The fourth-order valence-corrected chi connectivity index (χ4v) is 1.51. The Kier molecular flexibility index (Phi) is 3.95. The van der Waals surface area contributed by atoms with Crippen molar-refractivity contribution in [1.82, 2.24) is 4.90 Å². The first-order valence-corrected chi connectivity index (χ1v) is 4.59. The second kappa shape index (κ2) is 4.77. The third kappa shape index (κ3) is 2.72. The maximum Gasteiger partial charge on any atom is 0.115 e. The zero-order chi connectivity index (χ0) is 8.97. The summed E-state index contributed by atoms with van der Waals surface area (Å²) in [6.07, 6.45) is 0.334. The van der Waals surface area contributed by atoms with E-state index >= 15 is 0 Å². The van der Waals surface area contributed by atoms with Gasteiger partial charge in [-0.05, 0) is 18.9 Å². The monoisotopic (exact) mass is 175 g/mol. The third-order valence-corrected chi connectivity index (χ3v) is 2.56. The van der Waals surface area contributed by atoms with Gasteiger partial charge >= 0.3 is 0 Å². The van der Waals surface area contributed by atoms with Crippen LogP contribution in [0.4, 0.5) is 4.39 Å². The second-order valence-electron chi connectivity index (χ2n) is 3.58. The minimum Gasteiger partial charge on any atom is -0.383 e. The molecular formula is C9H18FNO. The summed E-state index contributed by atoms with van der Waals surface area (Å²) in [7, 11) is 1.68. The molecule has 12 heavy (non-hydrogen) atoms. The van der Waals surface area contributed by atoms with Gasteiger partial charge in [0.15, 0.2) is 0 Å². The Hall–Kier alpha value is -0.150. The lowest BCUT2D eigenvalue weighted by atomic mass is 9.97. The highest BCUT2D eigenvalue weighted by Crippen LogP contribution is 2.19. The van der Waals surface area contributed by atoms with Gasteiger partial charge in [-0.2, -0.15) is 0 Å². The Balaban J connectivity index is 2.21. The molecule has 0 aromatic rings. The number of likely N-dealkylation sites (tertiary alicyclic amines) is 1. The summed E-state index contributed by atoms with van der Waals surface area (Å²) in [6, 6.07) is 0. The van der Waals surface area contributed by atoms with Crippen molar-refractivity contribution in [2.24, 2.45) is 5.92 Å².